The van der Waals surface area contributed by atoms with E-state index in [2.05, 4.69) is 0 Å². The fourth-order valence-electron chi connectivity index (χ4n) is 2.50. The number of non-ortho nitro benzene ring substituents is 1. The maximum Gasteiger partial charge on any atom is 0.269 e. The monoisotopic (exact) mass is 413 g/mol. The van der Waals surface area contributed by atoms with Crippen molar-refractivity contribution in [3.05, 3.63) is 39.9 Å². The molecule has 0 fully saturated rings. The number of hydroxylamine groups is 1. The summed E-state index contributed by atoms with van der Waals surface area (Å²) in [4.78, 5) is 36.0. The van der Waals surface area contributed by atoms with E-state index in [1.807, 2.05) is 0 Å². The highest BCUT2D eigenvalue weighted by Crippen LogP contribution is 2.17. The molecule has 2 unspecified atom stereocenters. The van der Waals surface area contributed by atoms with E-state index in [0.29, 0.717) is 13.2 Å². The highest BCUT2D eigenvalue weighted by atomic mass is 16.7. The molecule has 0 saturated carbocycles. The molecule has 29 heavy (non-hydrogen) atoms. The first-order valence-corrected chi connectivity index (χ1v) is 8.91. The average molecular weight is 413 g/mol. The molecule has 0 aliphatic heterocycles. The van der Waals surface area contributed by atoms with E-state index in [-0.39, 0.29) is 37.0 Å². The fraction of sp³-hybridized carbons (Fsp3) is 0.556. The molecule has 162 valence electrons. The Labute approximate surface area is 168 Å². The molecule has 11 heteroatoms. The van der Waals surface area contributed by atoms with E-state index >= 15 is 0 Å². The zero-order valence-corrected chi connectivity index (χ0v) is 16.7. The van der Waals surface area contributed by atoms with E-state index in [0.717, 1.165) is 0 Å². The van der Waals surface area contributed by atoms with Crippen molar-refractivity contribution < 1.29 is 33.9 Å². The third kappa shape index (κ3) is 8.11. The van der Waals surface area contributed by atoms with E-state index < -0.39 is 22.8 Å². The van der Waals surface area contributed by atoms with Crippen LogP contribution in [0.4, 0.5) is 5.69 Å². The Balaban J connectivity index is 2.80. The van der Waals surface area contributed by atoms with Crippen molar-refractivity contribution in [2.24, 2.45) is 5.92 Å². The maximum atomic E-state index is 12.8. The van der Waals surface area contributed by atoms with Crippen LogP contribution >= 0.6 is 0 Å². The van der Waals surface area contributed by atoms with Gasteiger partial charge in [-0.25, -0.2) is 5.48 Å². The zero-order valence-electron chi connectivity index (χ0n) is 16.7. The van der Waals surface area contributed by atoms with Crippen molar-refractivity contribution in [2.75, 3.05) is 40.8 Å². The Morgan fingerprint density at radius 1 is 1.24 bits per heavy atom. The van der Waals surface area contributed by atoms with Gasteiger partial charge >= 0.3 is 0 Å². The number of carbonyl (C=O) groups is 2. The number of hydrogen-bond acceptors (Lipinski definition) is 8. The topological polar surface area (TPSA) is 140 Å². The second-order valence-corrected chi connectivity index (χ2v) is 6.38. The van der Waals surface area contributed by atoms with Crippen molar-refractivity contribution >= 4 is 17.5 Å². The van der Waals surface area contributed by atoms with Crippen molar-refractivity contribution in [2.45, 2.75) is 19.4 Å². The lowest BCUT2D eigenvalue weighted by Crippen LogP contribution is -2.43. The second-order valence-electron chi connectivity index (χ2n) is 6.38. The molecule has 0 heterocycles. The molecule has 0 radical (unpaired) electrons. The maximum absolute atomic E-state index is 12.8. The molecule has 2 N–H and O–H groups in total. The number of likely N-dealkylation sites (N-methyl/N-ethyl adjacent to an activating group) is 1. The van der Waals surface area contributed by atoms with Crippen LogP contribution in [0, 0.1) is 16.0 Å². The molecule has 0 spiro atoms. The van der Waals surface area contributed by atoms with Crippen LogP contribution in [0.1, 0.15) is 23.7 Å². The third-order valence-electron chi connectivity index (χ3n) is 4.29. The number of benzene rings is 1. The number of rotatable bonds is 13. The Morgan fingerprint density at radius 3 is 2.45 bits per heavy atom. The smallest absolute Gasteiger partial charge is 0.269 e. The summed E-state index contributed by atoms with van der Waals surface area (Å²) >= 11 is 0. The number of amides is 2. The van der Waals surface area contributed by atoms with Crippen molar-refractivity contribution in [3.8, 4) is 0 Å². The Kier molecular flexibility index (Phi) is 10.8. The van der Waals surface area contributed by atoms with Gasteiger partial charge in [-0.3, -0.25) is 24.9 Å². The van der Waals surface area contributed by atoms with Crippen LogP contribution in [0.2, 0.25) is 0 Å². The molecule has 1 aromatic carbocycles. The molecule has 1 aromatic rings. The SMILES string of the molecule is COCCOCOCC(CC(C)C(=O)NO)N(C)C(=O)c1ccc([N+](=O)[O-])cc1. The van der Waals surface area contributed by atoms with Crippen LogP contribution in [0.15, 0.2) is 24.3 Å². The summed E-state index contributed by atoms with van der Waals surface area (Å²) in [6, 6.07) is 4.73. The van der Waals surface area contributed by atoms with Gasteiger partial charge in [-0.15, -0.1) is 0 Å². The van der Waals surface area contributed by atoms with E-state index in [1.165, 1.54) is 29.2 Å². The van der Waals surface area contributed by atoms with Gasteiger partial charge in [-0.05, 0) is 18.6 Å². The lowest BCUT2D eigenvalue weighted by molar-refractivity contribution is -0.384. The predicted octanol–water partition coefficient (Wildman–Crippen LogP) is 1.20. The molecule has 0 bridgehead atoms. The molecule has 1 rings (SSSR count). The molecule has 0 aromatic heterocycles. The average Bonchev–Trinajstić information content (AvgIpc) is 2.73. The number of nitro benzene ring substituents is 1. The molecule has 2 atom stereocenters. The molecule has 0 saturated heterocycles. The standard InChI is InChI=1S/C18H27N3O8/c1-13(17(22)19-24)10-16(11-29-12-28-9-8-27-3)20(2)18(23)14-4-6-15(7-5-14)21(25)26/h4-7,13,16,24H,8-12H2,1-3H3,(H,19,22). The Morgan fingerprint density at radius 2 is 1.90 bits per heavy atom. The molecular formula is C18H27N3O8. The lowest BCUT2D eigenvalue weighted by atomic mass is 10.00. The van der Waals surface area contributed by atoms with Crippen LogP contribution in [-0.4, -0.2) is 73.7 Å². The summed E-state index contributed by atoms with van der Waals surface area (Å²) in [5, 5.41) is 19.6. The van der Waals surface area contributed by atoms with Crippen LogP contribution in [-0.2, 0) is 19.0 Å². The molecular weight excluding hydrogens is 386 g/mol. The number of hydrogen-bond donors (Lipinski definition) is 2. The van der Waals surface area contributed by atoms with Gasteiger partial charge in [-0.1, -0.05) is 6.92 Å². The van der Waals surface area contributed by atoms with Crippen molar-refractivity contribution in [1.82, 2.24) is 10.4 Å². The van der Waals surface area contributed by atoms with Crippen molar-refractivity contribution in [3.63, 3.8) is 0 Å². The fourth-order valence-corrected chi connectivity index (χ4v) is 2.50. The molecule has 0 aliphatic rings. The van der Waals surface area contributed by atoms with Gasteiger partial charge in [0, 0.05) is 37.8 Å². The summed E-state index contributed by atoms with van der Waals surface area (Å²) in [5.74, 6) is -1.55. The van der Waals surface area contributed by atoms with Gasteiger partial charge in [0.15, 0.2) is 0 Å². The number of methoxy groups -OCH3 is 1. The summed E-state index contributed by atoms with van der Waals surface area (Å²) < 4.78 is 15.5. The lowest BCUT2D eigenvalue weighted by Gasteiger charge is -2.30. The zero-order chi connectivity index (χ0) is 21.8. The van der Waals surface area contributed by atoms with Gasteiger partial charge in [-0.2, -0.15) is 0 Å². The largest absolute Gasteiger partial charge is 0.382 e. The minimum atomic E-state index is -0.588. The minimum absolute atomic E-state index is 0.0139. The quantitative estimate of drug-likeness (QED) is 0.162. The minimum Gasteiger partial charge on any atom is -0.382 e. The summed E-state index contributed by atoms with van der Waals surface area (Å²) in [7, 11) is 3.10. The summed E-state index contributed by atoms with van der Waals surface area (Å²) in [6.45, 7) is 2.45. The number of nitrogens with one attached hydrogen (secondary N) is 1. The number of nitro groups is 1. The number of carbonyl (C=O) groups excluding carboxylic acids is 2. The third-order valence-corrected chi connectivity index (χ3v) is 4.29. The first kappa shape index (κ1) is 24.4. The first-order valence-electron chi connectivity index (χ1n) is 8.91. The first-order chi connectivity index (χ1) is 13.8. The Hall–Kier alpha value is -2.60. The van der Waals surface area contributed by atoms with Crippen LogP contribution < -0.4 is 5.48 Å². The molecule has 2 amide bonds. The van der Waals surface area contributed by atoms with Gasteiger partial charge in [0.25, 0.3) is 11.6 Å². The van der Waals surface area contributed by atoms with Gasteiger partial charge in [0.2, 0.25) is 5.91 Å². The van der Waals surface area contributed by atoms with Gasteiger partial charge < -0.3 is 19.1 Å². The van der Waals surface area contributed by atoms with Gasteiger partial charge in [0.1, 0.15) is 6.79 Å². The number of nitrogens with zero attached hydrogens (tertiary/aromatic N) is 2. The van der Waals surface area contributed by atoms with E-state index in [9.17, 15) is 19.7 Å². The highest BCUT2D eigenvalue weighted by Gasteiger charge is 2.26. The predicted molar refractivity (Wildman–Crippen MR) is 101 cm³/mol. The van der Waals surface area contributed by atoms with Crippen LogP contribution in [0.25, 0.3) is 0 Å². The summed E-state index contributed by atoms with van der Waals surface area (Å²) in [6.07, 6.45) is 0.222. The Bertz CT molecular complexity index is 668. The number of ether oxygens (including phenoxy) is 3. The molecule has 11 nitrogen and oxygen atoms in total. The van der Waals surface area contributed by atoms with Crippen molar-refractivity contribution in [1.29, 1.82) is 0 Å². The van der Waals surface area contributed by atoms with E-state index in [1.54, 1.807) is 26.6 Å². The van der Waals surface area contributed by atoms with Gasteiger partial charge in [0.05, 0.1) is 30.8 Å². The van der Waals surface area contributed by atoms with E-state index in [4.69, 9.17) is 19.4 Å². The summed E-state index contributed by atoms with van der Waals surface area (Å²) in [5.41, 5.74) is 1.73. The normalized spacial score (nSPS) is 12.8. The molecule has 0 aliphatic carbocycles. The highest BCUT2D eigenvalue weighted by molar-refractivity contribution is 5.94. The second kappa shape index (κ2) is 12.8. The van der Waals surface area contributed by atoms with Crippen LogP contribution in [0.3, 0.4) is 0 Å². The van der Waals surface area contributed by atoms with Crippen LogP contribution in [0.5, 0.6) is 0 Å².